The number of carbonyl (C=O) groups excluding carboxylic acids is 1. The molecule has 0 aliphatic carbocycles. The highest BCUT2D eigenvalue weighted by Gasteiger charge is 2.25. The van der Waals surface area contributed by atoms with Crippen LogP contribution in [0.1, 0.15) is 45.1 Å². The van der Waals surface area contributed by atoms with Crippen LogP contribution in [0.25, 0.3) is 10.9 Å². The summed E-state index contributed by atoms with van der Waals surface area (Å²) in [7, 11) is 1.85. The number of halogens is 2. The van der Waals surface area contributed by atoms with E-state index in [1.54, 1.807) is 4.90 Å². The van der Waals surface area contributed by atoms with Crippen molar-refractivity contribution in [2.45, 2.75) is 31.9 Å². The number of fused-ring (bicyclic) bond motifs is 2. The van der Waals surface area contributed by atoms with Crippen LogP contribution in [-0.4, -0.2) is 74.6 Å². The van der Waals surface area contributed by atoms with Crippen molar-refractivity contribution in [2.24, 2.45) is 0 Å². The fourth-order valence-corrected chi connectivity index (χ4v) is 5.84. The van der Waals surface area contributed by atoms with Crippen molar-refractivity contribution < 1.29 is 29.7 Å². The van der Waals surface area contributed by atoms with E-state index in [-0.39, 0.29) is 18.4 Å². The molecule has 0 fully saturated rings. The largest absolute Gasteiger partial charge is 0.478 e. The van der Waals surface area contributed by atoms with Gasteiger partial charge in [-0.15, -0.1) is 0 Å². The number of carbonyl (C=O) groups is 3. The lowest BCUT2D eigenvalue weighted by Crippen LogP contribution is -2.35. The van der Waals surface area contributed by atoms with Crippen molar-refractivity contribution in [3.63, 3.8) is 0 Å². The number of rotatable bonds is 10. The van der Waals surface area contributed by atoms with Crippen LogP contribution in [0.2, 0.25) is 10.0 Å². The van der Waals surface area contributed by atoms with Gasteiger partial charge in [-0.1, -0.05) is 65.7 Å². The Hall–Kier alpha value is -4.28. The third-order valence-corrected chi connectivity index (χ3v) is 8.58. The Bertz CT molecular complexity index is 1710. The van der Waals surface area contributed by atoms with Crippen LogP contribution >= 0.6 is 23.2 Å². The maximum atomic E-state index is 13.1. The van der Waals surface area contributed by atoms with E-state index in [9.17, 15) is 19.5 Å². The fraction of sp³-hybridized carbons (Fsp3) is 0.257. The third-order valence-electron chi connectivity index (χ3n) is 7.84. The van der Waals surface area contributed by atoms with E-state index in [0.717, 1.165) is 65.8 Å². The Morgan fingerprint density at radius 3 is 2.28 bits per heavy atom. The van der Waals surface area contributed by atoms with Gasteiger partial charge in [0.1, 0.15) is 0 Å². The van der Waals surface area contributed by atoms with Gasteiger partial charge in [0.25, 0.3) is 5.91 Å². The molecule has 46 heavy (non-hydrogen) atoms. The molecule has 1 unspecified atom stereocenters. The predicted molar refractivity (Wildman–Crippen MR) is 178 cm³/mol. The second-order valence-electron chi connectivity index (χ2n) is 10.9. The summed E-state index contributed by atoms with van der Waals surface area (Å²) in [4.78, 5) is 41.3. The van der Waals surface area contributed by atoms with Crippen molar-refractivity contribution in [1.29, 1.82) is 0 Å². The van der Waals surface area contributed by atoms with Gasteiger partial charge in [-0.2, -0.15) is 0 Å². The Balaban J connectivity index is 0.000000533. The van der Waals surface area contributed by atoms with Gasteiger partial charge in [-0.25, -0.2) is 9.59 Å². The van der Waals surface area contributed by atoms with E-state index < -0.39 is 11.9 Å². The van der Waals surface area contributed by atoms with Gasteiger partial charge in [0.05, 0.1) is 22.2 Å². The van der Waals surface area contributed by atoms with Gasteiger partial charge >= 0.3 is 11.9 Å². The molecule has 5 rings (SSSR count). The molecule has 9 nitrogen and oxygen atoms in total. The monoisotopic (exact) mass is 663 g/mol. The number of carboxylic acid groups (broad SMARTS) is 2. The second kappa shape index (κ2) is 16.3. The molecule has 0 saturated heterocycles. The Morgan fingerprint density at radius 1 is 0.957 bits per heavy atom. The lowest BCUT2D eigenvalue weighted by Gasteiger charge is -2.32. The van der Waals surface area contributed by atoms with Crippen molar-refractivity contribution in [3.05, 3.63) is 123 Å². The number of aliphatic hydroxyl groups excluding tert-OH is 1. The van der Waals surface area contributed by atoms with Crippen LogP contribution in [0.3, 0.4) is 0 Å². The highest BCUT2D eigenvalue weighted by atomic mass is 35.5. The molecule has 3 N–H and O–H groups in total. The van der Waals surface area contributed by atoms with E-state index >= 15 is 0 Å². The molecule has 3 aromatic carbocycles. The summed E-state index contributed by atoms with van der Waals surface area (Å²) in [6.45, 7) is 3.04. The summed E-state index contributed by atoms with van der Waals surface area (Å²) < 4.78 is 0. The molecular weight excluding hydrogens is 629 g/mol. The number of aromatic nitrogens is 1. The zero-order valence-electron chi connectivity index (χ0n) is 25.3. The van der Waals surface area contributed by atoms with Crippen molar-refractivity contribution >= 4 is 52.0 Å². The standard InChI is InChI=1S/C31H31Cl2N3O2.C4H4O4/c1-35(31(38)21-7-3-2-4-8-21)18-23(22-11-12-27(32)28(33)17-22)13-15-36-16-14-30-25(19-36)26(20-37)24-9-5-6-10-29(24)34-30;5-3(6)1-2-4(7)8/h2-12,17,23,37H,13-16,18-20H2,1H3;1-2H,(H,5,6)(H,7,8)/b;2-1+. The molecule has 1 atom stereocenters. The van der Waals surface area contributed by atoms with E-state index in [2.05, 4.69) is 4.90 Å². The van der Waals surface area contributed by atoms with Gasteiger partial charge in [-0.3, -0.25) is 14.7 Å². The van der Waals surface area contributed by atoms with Crippen molar-refractivity contribution in [2.75, 3.05) is 26.7 Å². The minimum Gasteiger partial charge on any atom is -0.478 e. The number of amides is 1. The zero-order chi connectivity index (χ0) is 33.2. The normalized spacial score (nSPS) is 13.5. The first-order valence-electron chi connectivity index (χ1n) is 14.7. The number of aliphatic carboxylic acids is 2. The van der Waals surface area contributed by atoms with Gasteiger partial charge in [-0.05, 0) is 60.0 Å². The first-order chi connectivity index (χ1) is 22.1. The number of benzene rings is 3. The van der Waals surface area contributed by atoms with Crippen LogP contribution in [0, 0.1) is 0 Å². The van der Waals surface area contributed by atoms with Gasteiger partial charge in [0.15, 0.2) is 0 Å². The van der Waals surface area contributed by atoms with Gasteiger partial charge in [0, 0.05) is 67.8 Å². The van der Waals surface area contributed by atoms with E-state index in [0.29, 0.717) is 34.3 Å². The Kier molecular flexibility index (Phi) is 12.3. The Morgan fingerprint density at radius 2 is 1.63 bits per heavy atom. The highest BCUT2D eigenvalue weighted by Crippen LogP contribution is 2.31. The highest BCUT2D eigenvalue weighted by molar-refractivity contribution is 6.42. The number of para-hydroxylation sites is 1. The molecular formula is C35H35Cl2N3O6. The van der Waals surface area contributed by atoms with E-state index in [1.807, 2.05) is 79.8 Å². The summed E-state index contributed by atoms with van der Waals surface area (Å²) in [6.07, 6.45) is 2.80. The topological polar surface area (TPSA) is 131 Å². The van der Waals surface area contributed by atoms with E-state index in [1.165, 1.54) is 0 Å². The maximum Gasteiger partial charge on any atom is 0.328 e. The quantitative estimate of drug-likeness (QED) is 0.175. The van der Waals surface area contributed by atoms with E-state index in [4.69, 9.17) is 38.4 Å². The first-order valence-corrected chi connectivity index (χ1v) is 15.4. The number of hydrogen-bond acceptors (Lipinski definition) is 6. The number of aliphatic hydroxyl groups is 1. The predicted octanol–water partition coefficient (Wildman–Crippen LogP) is 6.05. The molecule has 1 amide bonds. The van der Waals surface area contributed by atoms with Crippen LogP contribution in [0.4, 0.5) is 0 Å². The number of carboxylic acids is 2. The molecule has 4 aromatic rings. The fourth-order valence-electron chi connectivity index (χ4n) is 5.53. The molecule has 1 aromatic heterocycles. The van der Waals surface area contributed by atoms with Crippen molar-refractivity contribution in [3.8, 4) is 0 Å². The number of pyridine rings is 1. The average molecular weight is 665 g/mol. The summed E-state index contributed by atoms with van der Waals surface area (Å²) in [5, 5.41) is 27.9. The molecule has 0 spiro atoms. The first kappa shape index (κ1) is 34.6. The molecule has 0 radical (unpaired) electrons. The molecule has 2 heterocycles. The average Bonchev–Trinajstić information content (AvgIpc) is 3.06. The van der Waals surface area contributed by atoms with Gasteiger partial charge in [0.2, 0.25) is 0 Å². The number of hydrogen-bond donors (Lipinski definition) is 3. The smallest absolute Gasteiger partial charge is 0.328 e. The number of likely N-dealkylation sites (N-methyl/N-ethyl adjacent to an activating group) is 1. The van der Waals surface area contributed by atoms with Crippen LogP contribution in [0.15, 0.2) is 84.9 Å². The summed E-state index contributed by atoms with van der Waals surface area (Å²) in [6, 6.07) is 23.1. The van der Waals surface area contributed by atoms with Gasteiger partial charge < -0.3 is 20.2 Å². The SMILES string of the molecule is CN(CC(CCN1CCc2nc3ccccc3c(CO)c2C1)c1ccc(Cl)c(Cl)c1)C(=O)c1ccccc1.O=C(O)/C=C/C(=O)O. The second-order valence-corrected chi connectivity index (χ2v) is 11.8. The third kappa shape index (κ3) is 9.14. The molecule has 0 saturated carbocycles. The summed E-state index contributed by atoms with van der Waals surface area (Å²) >= 11 is 12.6. The summed E-state index contributed by atoms with van der Waals surface area (Å²) in [5.74, 6) is -2.44. The summed E-state index contributed by atoms with van der Waals surface area (Å²) in [5.41, 5.74) is 5.87. The number of nitrogens with zero attached hydrogens (tertiary/aromatic N) is 3. The zero-order valence-corrected chi connectivity index (χ0v) is 26.8. The Labute approximate surface area is 277 Å². The lowest BCUT2D eigenvalue weighted by atomic mass is 9.93. The molecule has 240 valence electrons. The van der Waals surface area contributed by atoms with Crippen molar-refractivity contribution in [1.82, 2.24) is 14.8 Å². The molecule has 1 aliphatic rings. The van der Waals surface area contributed by atoms with Crippen LogP contribution in [0.5, 0.6) is 0 Å². The molecule has 11 heteroatoms. The maximum absolute atomic E-state index is 13.1. The lowest BCUT2D eigenvalue weighted by molar-refractivity contribution is -0.134. The minimum atomic E-state index is -1.26. The minimum absolute atomic E-state index is 0.00248. The van der Waals surface area contributed by atoms with Crippen LogP contribution in [-0.2, 0) is 29.2 Å². The molecule has 0 bridgehead atoms. The van der Waals surface area contributed by atoms with Crippen LogP contribution < -0.4 is 0 Å². The molecule has 1 aliphatic heterocycles.